The summed E-state index contributed by atoms with van der Waals surface area (Å²) in [4.78, 5) is 0. The van der Waals surface area contributed by atoms with Crippen LogP contribution in [0.15, 0.2) is 42.6 Å². The Bertz CT molecular complexity index is 1170. The number of fused-ring (bicyclic) bond motifs is 1. The lowest BCUT2D eigenvalue weighted by atomic mass is 9.76. The van der Waals surface area contributed by atoms with Gasteiger partial charge < -0.3 is 0 Å². The highest BCUT2D eigenvalue weighted by molar-refractivity contribution is 6.88. The third-order valence-electron chi connectivity index (χ3n) is 8.85. The molecule has 2 saturated carbocycles. The summed E-state index contributed by atoms with van der Waals surface area (Å²) in [7, 11) is 0.903. The Morgan fingerprint density at radius 2 is 1.41 bits per heavy atom. The van der Waals surface area contributed by atoms with E-state index >= 15 is 0 Å². The number of hydrogen-bond donors (Lipinski definition) is 0. The van der Waals surface area contributed by atoms with Crippen LogP contribution in [0.5, 0.6) is 0 Å². The van der Waals surface area contributed by atoms with Crippen LogP contribution in [0.3, 0.4) is 0 Å². The van der Waals surface area contributed by atoms with Gasteiger partial charge in [0.2, 0.25) is 5.69 Å². The molecule has 0 radical (unpaired) electrons. The second-order valence-electron chi connectivity index (χ2n) is 12.3. The maximum atomic E-state index is 2.65. The average molecular weight is 471 g/mol. The fourth-order valence-electron chi connectivity index (χ4n) is 6.69. The Morgan fingerprint density at radius 1 is 0.765 bits per heavy atom. The van der Waals surface area contributed by atoms with E-state index in [1.165, 1.54) is 91.8 Å². The predicted octanol–water partition coefficient (Wildman–Crippen LogP) is 8.28. The topological polar surface area (TPSA) is 3.88 Å². The second-order valence-corrected chi connectivity index (χ2v) is 17.4. The van der Waals surface area contributed by atoms with Crippen molar-refractivity contribution in [3.05, 3.63) is 59.3 Å². The molecule has 2 aromatic carbocycles. The molecule has 5 rings (SSSR count). The lowest BCUT2D eigenvalue weighted by molar-refractivity contribution is -0.659. The number of benzene rings is 2. The molecule has 3 aromatic rings. The normalized spacial score (nSPS) is 18.5. The van der Waals surface area contributed by atoms with E-state index in [4.69, 9.17) is 0 Å². The van der Waals surface area contributed by atoms with Crippen molar-refractivity contribution in [3.8, 4) is 11.3 Å². The Balaban J connectivity index is 1.71. The van der Waals surface area contributed by atoms with Gasteiger partial charge >= 0.3 is 0 Å². The van der Waals surface area contributed by atoms with Crippen LogP contribution >= 0.6 is 0 Å². The van der Waals surface area contributed by atoms with Crippen LogP contribution in [-0.2, 0) is 7.05 Å². The molecule has 0 unspecified atom stereocenters. The van der Waals surface area contributed by atoms with Crippen LogP contribution in [0.4, 0.5) is 0 Å². The van der Waals surface area contributed by atoms with Crippen molar-refractivity contribution in [1.29, 1.82) is 0 Å². The van der Waals surface area contributed by atoms with E-state index in [-0.39, 0.29) is 0 Å². The largest absolute Gasteiger partial charge is 0.220 e. The van der Waals surface area contributed by atoms with Crippen LogP contribution in [-0.4, -0.2) is 8.07 Å². The standard InChI is InChI=1S/C32H44NSi/c1-23-30(25-14-10-7-11-15-25)21-27(24-12-8-6-9-13-24)22-31(23)32-29-17-16-28(34(3,4)5)20-26(29)18-19-33(32)2/h16-22,24-25H,6-15H2,1-5H3/q+1. The SMILES string of the molecule is Cc1c(-c2c3ccc([Si](C)(C)C)cc3cc[n+]2C)cc(C2CCCCC2)cc1C1CCCCC1. The van der Waals surface area contributed by atoms with Gasteiger partial charge in [-0.1, -0.05) is 81.6 Å². The Morgan fingerprint density at radius 3 is 2.06 bits per heavy atom. The highest BCUT2D eigenvalue weighted by Crippen LogP contribution is 2.42. The van der Waals surface area contributed by atoms with Crippen molar-refractivity contribution in [1.82, 2.24) is 0 Å². The van der Waals surface area contributed by atoms with Crippen molar-refractivity contribution in [2.45, 2.75) is 103 Å². The van der Waals surface area contributed by atoms with Crippen LogP contribution in [0.2, 0.25) is 19.6 Å². The van der Waals surface area contributed by atoms with Crippen LogP contribution in [0.1, 0.15) is 92.7 Å². The van der Waals surface area contributed by atoms with E-state index in [0.717, 1.165) is 11.8 Å². The van der Waals surface area contributed by atoms with Gasteiger partial charge in [0.05, 0.1) is 19.0 Å². The maximum absolute atomic E-state index is 2.65. The van der Waals surface area contributed by atoms with Crippen molar-refractivity contribution >= 4 is 24.0 Å². The molecule has 2 heteroatoms. The third-order valence-corrected chi connectivity index (χ3v) is 10.9. The molecule has 0 saturated heterocycles. The minimum Gasteiger partial charge on any atom is -0.200 e. The quantitative estimate of drug-likeness (QED) is 0.267. The molecule has 2 aliphatic carbocycles. The van der Waals surface area contributed by atoms with Gasteiger partial charge in [0.1, 0.15) is 7.05 Å². The van der Waals surface area contributed by atoms with Crippen molar-refractivity contribution in [2.24, 2.45) is 7.05 Å². The highest BCUT2D eigenvalue weighted by atomic mass is 28.3. The molecule has 180 valence electrons. The molecular weight excluding hydrogens is 426 g/mol. The fourth-order valence-corrected chi connectivity index (χ4v) is 7.86. The Hall–Kier alpha value is -1.93. The molecule has 34 heavy (non-hydrogen) atoms. The van der Waals surface area contributed by atoms with E-state index in [1.807, 2.05) is 0 Å². The van der Waals surface area contributed by atoms with Gasteiger partial charge in [0.15, 0.2) is 6.20 Å². The first-order valence-corrected chi connectivity index (χ1v) is 17.4. The van der Waals surface area contributed by atoms with E-state index in [1.54, 1.807) is 16.3 Å². The van der Waals surface area contributed by atoms with Gasteiger partial charge in [-0.3, -0.25) is 0 Å². The molecular formula is C32H44NSi+. The van der Waals surface area contributed by atoms with Gasteiger partial charge in [-0.05, 0) is 78.7 Å². The zero-order valence-corrected chi connectivity index (χ0v) is 23.2. The Kier molecular flexibility index (Phi) is 6.72. The minimum absolute atomic E-state index is 0.745. The van der Waals surface area contributed by atoms with Crippen LogP contribution < -0.4 is 9.75 Å². The first-order valence-electron chi connectivity index (χ1n) is 13.9. The van der Waals surface area contributed by atoms with Gasteiger partial charge in [-0.25, -0.2) is 4.57 Å². The molecule has 0 spiro atoms. The molecule has 0 N–H and O–H groups in total. The maximum Gasteiger partial charge on any atom is 0.220 e. The summed E-state index contributed by atoms with van der Waals surface area (Å²) in [5.41, 5.74) is 7.71. The van der Waals surface area contributed by atoms with Gasteiger partial charge in [0, 0.05) is 6.07 Å². The summed E-state index contributed by atoms with van der Waals surface area (Å²) in [6, 6.07) is 14.9. The van der Waals surface area contributed by atoms with Crippen LogP contribution in [0, 0.1) is 6.92 Å². The van der Waals surface area contributed by atoms with E-state index in [9.17, 15) is 0 Å². The second kappa shape index (κ2) is 9.61. The first kappa shape index (κ1) is 23.8. The molecule has 0 atom stereocenters. The van der Waals surface area contributed by atoms with E-state index in [2.05, 4.69) is 80.8 Å². The Labute approximate surface area is 208 Å². The molecule has 1 nitrogen and oxygen atoms in total. The summed E-state index contributed by atoms with van der Waals surface area (Å²) < 4.78 is 2.38. The number of aryl methyl sites for hydroxylation is 1. The molecule has 2 aliphatic rings. The number of aromatic nitrogens is 1. The first-order chi connectivity index (χ1) is 16.3. The zero-order chi connectivity index (χ0) is 23.9. The number of pyridine rings is 1. The van der Waals surface area contributed by atoms with Crippen molar-refractivity contribution in [3.63, 3.8) is 0 Å². The van der Waals surface area contributed by atoms with Gasteiger partial charge in [-0.2, -0.15) is 0 Å². The summed E-state index contributed by atoms with van der Waals surface area (Å²) in [6.07, 6.45) is 16.2. The molecule has 0 amide bonds. The molecule has 1 aromatic heterocycles. The minimum atomic E-state index is -1.34. The average Bonchev–Trinajstić information content (AvgIpc) is 2.85. The third kappa shape index (κ3) is 4.63. The van der Waals surface area contributed by atoms with E-state index in [0.29, 0.717) is 0 Å². The number of hydrogen-bond acceptors (Lipinski definition) is 0. The highest BCUT2D eigenvalue weighted by Gasteiger charge is 2.27. The molecule has 1 heterocycles. The molecule has 0 bridgehead atoms. The van der Waals surface area contributed by atoms with Gasteiger partial charge in [-0.15, -0.1) is 0 Å². The molecule has 0 aliphatic heterocycles. The smallest absolute Gasteiger partial charge is 0.200 e. The van der Waals surface area contributed by atoms with Crippen LogP contribution in [0.25, 0.3) is 22.0 Å². The van der Waals surface area contributed by atoms with Crippen molar-refractivity contribution < 1.29 is 4.57 Å². The number of rotatable bonds is 4. The zero-order valence-electron chi connectivity index (χ0n) is 22.2. The number of nitrogens with zero attached hydrogens (tertiary/aromatic N) is 1. The lowest BCUT2D eigenvalue weighted by Gasteiger charge is -2.28. The van der Waals surface area contributed by atoms with Gasteiger partial charge in [0.25, 0.3) is 0 Å². The van der Waals surface area contributed by atoms with E-state index < -0.39 is 8.07 Å². The predicted molar refractivity (Wildman–Crippen MR) is 150 cm³/mol. The van der Waals surface area contributed by atoms with Crippen molar-refractivity contribution in [2.75, 3.05) is 0 Å². The summed E-state index contributed by atoms with van der Waals surface area (Å²) in [5, 5.41) is 4.36. The summed E-state index contributed by atoms with van der Waals surface area (Å²) in [6.45, 7) is 9.77. The molecule has 2 fully saturated rings. The lowest BCUT2D eigenvalue weighted by Crippen LogP contribution is -2.37. The summed E-state index contributed by atoms with van der Waals surface area (Å²) >= 11 is 0. The fraction of sp³-hybridized carbons (Fsp3) is 0.531. The summed E-state index contributed by atoms with van der Waals surface area (Å²) in [5.74, 6) is 1.49. The monoisotopic (exact) mass is 470 g/mol.